The molecule has 3 aromatic rings. The van der Waals surface area contributed by atoms with Crippen molar-refractivity contribution >= 4 is 38.6 Å². The van der Waals surface area contributed by atoms with E-state index >= 15 is 0 Å². The second-order valence-electron chi connectivity index (χ2n) is 6.60. The van der Waals surface area contributed by atoms with Gasteiger partial charge in [0.25, 0.3) is 5.91 Å². The van der Waals surface area contributed by atoms with Gasteiger partial charge in [-0.1, -0.05) is 70.5 Å². The largest absolute Gasteiger partial charge is 0.325 e. The standard InChI is InChI=1S/C21H17BrN2O2/c1-21(18-11-5-8-15-7-2-3-10-17(15)18)19(25)24(20(26)23-21)13-14-6-4-9-16(22)12-14/h2-12H,13H2,1H3,(H,23,26)/t21-/m0/s1. The van der Waals surface area contributed by atoms with Crippen molar-refractivity contribution in [2.45, 2.75) is 19.0 Å². The van der Waals surface area contributed by atoms with Crippen LogP contribution in [0.25, 0.3) is 10.8 Å². The molecule has 1 fully saturated rings. The fourth-order valence-corrected chi connectivity index (χ4v) is 3.95. The third-order valence-electron chi connectivity index (χ3n) is 4.83. The predicted octanol–water partition coefficient (Wildman–Crippen LogP) is 4.57. The number of hydrogen-bond donors (Lipinski definition) is 1. The molecule has 0 saturated carbocycles. The maximum atomic E-state index is 13.2. The van der Waals surface area contributed by atoms with Gasteiger partial charge in [-0.3, -0.25) is 9.69 Å². The third-order valence-corrected chi connectivity index (χ3v) is 5.33. The van der Waals surface area contributed by atoms with E-state index < -0.39 is 5.54 Å². The highest BCUT2D eigenvalue weighted by Gasteiger charge is 2.49. The number of carbonyl (C=O) groups excluding carboxylic acids is 2. The molecule has 5 heteroatoms. The van der Waals surface area contributed by atoms with Gasteiger partial charge in [-0.25, -0.2) is 4.79 Å². The molecule has 0 aliphatic carbocycles. The highest BCUT2D eigenvalue weighted by molar-refractivity contribution is 9.10. The van der Waals surface area contributed by atoms with E-state index in [-0.39, 0.29) is 18.5 Å². The van der Waals surface area contributed by atoms with Gasteiger partial charge in [0.2, 0.25) is 0 Å². The first-order chi connectivity index (χ1) is 12.5. The monoisotopic (exact) mass is 408 g/mol. The predicted molar refractivity (Wildman–Crippen MR) is 105 cm³/mol. The molecule has 1 aliphatic heterocycles. The zero-order valence-electron chi connectivity index (χ0n) is 14.2. The van der Waals surface area contributed by atoms with Crippen LogP contribution in [0, 0.1) is 0 Å². The Morgan fingerprint density at radius 2 is 1.73 bits per heavy atom. The van der Waals surface area contributed by atoms with Crippen LogP contribution in [0.5, 0.6) is 0 Å². The highest BCUT2D eigenvalue weighted by Crippen LogP contribution is 2.34. The molecule has 1 heterocycles. The number of amides is 3. The van der Waals surface area contributed by atoms with Crippen LogP contribution in [-0.2, 0) is 16.9 Å². The van der Waals surface area contributed by atoms with Gasteiger partial charge in [-0.15, -0.1) is 0 Å². The number of nitrogens with zero attached hydrogens (tertiary/aromatic N) is 1. The minimum absolute atomic E-state index is 0.237. The second kappa shape index (κ2) is 6.25. The van der Waals surface area contributed by atoms with Gasteiger partial charge in [0, 0.05) is 4.47 Å². The summed E-state index contributed by atoms with van der Waals surface area (Å²) in [4.78, 5) is 27.1. The Balaban J connectivity index is 1.73. The molecule has 0 bridgehead atoms. The maximum absolute atomic E-state index is 13.2. The molecular weight excluding hydrogens is 392 g/mol. The van der Waals surface area contributed by atoms with Crippen LogP contribution in [0.3, 0.4) is 0 Å². The lowest BCUT2D eigenvalue weighted by Gasteiger charge is -2.24. The molecule has 0 spiro atoms. The lowest BCUT2D eigenvalue weighted by atomic mass is 9.88. The Hall–Kier alpha value is -2.66. The van der Waals surface area contributed by atoms with Gasteiger partial charge in [0.05, 0.1) is 6.54 Å². The number of fused-ring (bicyclic) bond motifs is 1. The van der Waals surface area contributed by atoms with Crippen LogP contribution in [0.4, 0.5) is 4.79 Å². The van der Waals surface area contributed by atoms with Crippen LogP contribution in [-0.4, -0.2) is 16.8 Å². The molecule has 130 valence electrons. The molecule has 0 aromatic heterocycles. The van der Waals surface area contributed by atoms with Gasteiger partial charge in [0.15, 0.2) is 0 Å². The van der Waals surface area contributed by atoms with Crippen LogP contribution in [0.2, 0.25) is 0 Å². The van der Waals surface area contributed by atoms with Gasteiger partial charge < -0.3 is 5.32 Å². The van der Waals surface area contributed by atoms with Gasteiger partial charge in [-0.2, -0.15) is 0 Å². The fraction of sp³-hybridized carbons (Fsp3) is 0.143. The molecule has 4 nitrogen and oxygen atoms in total. The van der Waals surface area contributed by atoms with E-state index in [4.69, 9.17) is 0 Å². The molecule has 4 rings (SSSR count). The van der Waals surface area contributed by atoms with E-state index in [1.807, 2.05) is 66.7 Å². The summed E-state index contributed by atoms with van der Waals surface area (Å²) >= 11 is 3.42. The molecule has 1 N–H and O–H groups in total. The molecule has 26 heavy (non-hydrogen) atoms. The van der Waals surface area contributed by atoms with E-state index in [1.54, 1.807) is 6.92 Å². The van der Waals surface area contributed by atoms with E-state index in [2.05, 4.69) is 21.2 Å². The molecule has 3 amide bonds. The van der Waals surface area contributed by atoms with Crippen LogP contribution in [0.1, 0.15) is 18.1 Å². The summed E-state index contributed by atoms with van der Waals surface area (Å²) in [6.45, 7) is 2.01. The number of imide groups is 1. The fourth-order valence-electron chi connectivity index (χ4n) is 3.50. The van der Waals surface area contributed by atoms with Crippen molar-refractivity contribution in [2.75, 3.05) is 0 Å². The Labute approximate surface area is 159 Å². The molecule has 0 radical (unpaired) electrons. The van der Waals surface area contributed by atoms with Crippen molar-refractivity contribution < 1.29 is 9.59 Å². The normalized spacial score (nSPS) is 19.8. The van der Waals surface area contributed by atoms with Crippen molar-refractivity contribution in [3.8, 4) is 0 Å². The zero-order valence-corrected chi connectivity index (χ0v) is 15.8. The highest BCUT2D eigenvalue weighted by atomic mass is 79.9. The molecular formula is C21H17BrN2O2. The summed E-state index contributed by atoms with van der Waals surface area (Å²) in [5.74, 6) is -0.237. The lowest BCUT2D eigenvalue weighted by Crippen LogP contribution is -2.41. The minimum Gasteiger partial charge on any atom is -0.319 e. The molecule has 0 unspecified atom stereocenters. The zero-order chi connectivity index (χ0) is 18.3. The van der Waals surface area contributed by atoms with Crippen molar-refractivity contribution in [3.63, 3.8) is 0 Å². The topological polar surface area (TPSA) is 49.4 Å². The SMILES string of the molecule is C[C@@]1(c2cccc3ccccc23)NC(=O)N(Cc2cccc(Br)c2)C1=O. The average Bonchev–Trinajstić information content (AvgIpc) is 2.85. The van der Waals surface area contributed by atoms with Crippen molar-refractivity contribution in [1.82, 2.24) is 10.2 Å². The number of hydrogen-bond acceptors (Lipinski definition) is 2. The first-order valence-electron chi connectivity index (χ1n) is 8.36. The summed E-state index contributed by atoms with van der Waals surface area (Å²) in [5, 5.41) is 4.91. The van der Waals surface area contributed by atoms with Gasteiger partial charge in [0.1, 0.15) is 5.54 Å². The average molecular weight is 409 g/mol. The lowest BCUT2D eigenvalue weighted by molar-refractivity contribution is -0.131. The maximum Gasteiger partial charge on any atom is 0.325 e. The number of benzene rings is 3. The Morgan fingerprint density at radius 3 is 2.54 bits per heavy atom. The minimum atomic E-state index is -1.08. The number of carbonyl (C=O) groups is 2. The van der Waals surface area contributed by atoms with Crippen LogP contribution < -0.4 is 5.32 Å². The number of rotatable bonds is 3. The Kier molecular flexibility index (Phi) is 4.04. The summed E-state index contributed by atoms with van der Waals surface area (Å²) in [7, 11) is 0. The Morgan fingerprint density at radius 1 is 1.00 bits per heavy atom. The van der Waals surface area contributed by atoms with Gasteiger partial charge >= 0.3 is 6.03 Å². The van der Waals surface area contributed by atoms with E-state index in [0.717, 1.165) is 26.4 Å². The van der Waals surface area contributed by atoms with Crippen LogP contribution >= 0.6 is 15.9 Å². The number of nitrogens with one attached hydrogen (secondary N) is 1. The van der Waals surface area contributed by atoms with Gasteiger partial charge in [-0.05, 0) is 41.0 Å². The summed E-state index contributed by atoms with van der Waals surface area (Å²) < 4.78 is 0.916. The molecule has 1 atom stereocenters. The van der Waals surface area contributed by atoms with Crippen LogP contribution in [0.15, 0.2) is 71.2 Å². The van der Waals surface area contributed by atoms with E-state index in [0.29, 0.717) is 0 Å². The number of urea groups is 1. The van der Waals surface area contributed by atoms with Crippen molar-refractivity contribution in [3.05, 3.63) is 82.3 Å². The molecule has 3 aromatic carbocycles. The second-order valence-corrected chi connectivity index (χ2v) is 7.52. The number of halogens is 1. The molecule has 1 saturated heterocycles. The van der Waals surface area contributed by atoms with E-state index in [9.17, 15) is 9.59 Å². The third kappa shape index (κ3) is 2.69. The first kappa shape index (κ1) is 16.8. The smallest absolute Gasteiger partial charge is 0.319 e. The quantitative estimate of drug-likeness (QED) is 0.645. The summed E-state index contributed by atoms with van der Waals surface area (Å²) in [6.07, 6.45) is 0. The first-order valence-corrected chi connectivity index (χ1v) is 9.15. The summed E-state index contributed by atoms with van der Waals surface area (Å²) in [6, 6.07) is 21.0. The van der Waals surface area contributed by atoms with Crippen molar-refractivity contribution in [1.29, 1.82) is 0 Å². The van der Waals surface area contributed by atoms with E-state index in [1.165, 1.54) is 4.90 Å². The Bertz CT molecular complexity index is 1030. The summed E-state index contributed by atoms with van der Waals surface area (Å²) in [5.41, 5.74) is 0.625. The van der Waals surface area contributed by atoms with Crippen molar-refractivity contribution in [2.24, 2.45) is 0 Å². The molecule has 1 aliphatic rings.